The number of methoxy groups -OCH3 is 1. The van der Waals surface area contributed by atoms with Gasteiger partial charge < -0.3 is 4.74 Å². The number of carbonyl (C=O) groups excluding carboxylic acids is 1. The summed E-state index contributed by atoms with van der Waals surface area (Å²) in [5.41, 5.74) is 3.84. The van der Waals surface area contributed by atoms with Crippen LogP contribution in [0.1, 0.15) is 24.2 Å². The van der Waals surface area contributed by atoms with E-state index in [1.807, 2.05) is 13.8 Å². The maximum absolute atomic E-state index is 11.6. The fourth-order valence-corrected chi connectivity index (χ4v) is 1.77. The van der Waals surface area contributed by atoms with Gasteiger partial charge in [-0.05, 0) is 54.6 Å². The van der Waals surface area contributed by atoms with Crippen LogP contribution in [0, 0.1) is 3.57 Å². The molecule has 0 radical (unpaired) electrons. The van der Waals surface area contributed by atoms with Crippen LogP contribution in [-0.2, 0) is 0 Å². The zero-order chi connectivity index (χ0) is 12.1. The van der Waals surface area contributed by atoms with E-state index >= 15 is 0 Å². The predicted octanol–water partition coefficient (Wildman–Crippen LogP) is 2.43. The van der Waals surface area contributed by atoms with Gasteiger partial charge in [-0.3, -0.25) is 4.79 Å². The Kier molecular flexibility index (Phi) is 4.72. The number of hydrogen-bond acceptors (Lipinski definition) is 3. The molecule has 0 aliphatic heterocycles. The number of nitrogens with zero attached hydrogens (tertiary/aromatic N) is 1. The molecule has 0 saturated carbocycles. The fourth-order valence-electron chi connectivity index (χ4n) is 1.03. The van der Waals surface area contributed by atoms with E-state index in [1.165, 1.54) is 0 Å². The van der Waals surface area contributed by atoms with Crippen LogP contribution in [-0.4, -0.2) is 18.7 Å². The highest BCUT2D eigenvalue weighted by molar-refractivity contribution is 14.1. The summed E-state index contributed by atoms with van der Waals surface area (Å²) in [6, 6.07) is 5.23. The first-order chi connectivity index (χ1) is 7.54. The molecule has 1 aromatic carbocycles. The van der Waals surface area contributed by atoms with Crippen LogP contribution in [0.5, 0.6) is 5.75 Å². The largest absolute Gasteiger partial charge is 0.496 e. The van der Waals surface area contributed by atoms with Gasteiger partial charge >= 0.3 is 0 Å². The number of carbonyl (C=O) groups is 1. The summed E-state index contributed by atoms with van der Waals surface area (Å²) in [6.07, 6.45) is 0. The number of rotatable bonds is 3. The van der Waals surface area contributed by atoms with Crippen LogP contribution in [0.3, 0.4) is 0 Å². The Morgan fingerprint density at radius 2 is 2.12 bits per heavy atom. The standard InChI is InChI=1S/C11H13IN2O2/c1-7(2)13-14-11(15)8-4-5-10(16-3)9(12)6-8/h4-6H,1-3H3,(H,14,15). The Balaban J connectivity index is 2.85. The molecule has 0 unspecified atom stereocenters. The van der Waals surface area contributed by atoms with Crippen molar-refractivity contribution in [1.29, 1.82) is 0 Å². The number of hydrogen-bond donors (Lipinski definition) is 1. The lowest BCUT2D eigenvalue weighted by atomic mass is 10.2. The zero-order valence-corrected chi connectivity index (χ0v) is 11.5. The van der Waals surface area contributed by atoms with E-state index in [9.17, 15) is 4.79 Å². The van der Waals surface area contributed by atoms with Gasteiger partial charge in [-0.15, -0.1) is 0 Å². The van der Waals surface area contributed by atoms with Crippen LogP contribution in [0.15, 0.2) is 23.3 Å². The van der Waals surface area contributed by atoms with Gasteiger partial charge in [0.05, 0.1) is 10.7 Å². The Labute approximate surface area is 108 Å². The number of ether oxygens (including phenoxy) is 1. The molecule has 0 spiro atoms. The maximum atomic E-state index is 11.6. The lowest BCUT2D eigenvalue weighted by Crippen LogP contribution is -2.18. The SMILES string of the molecule is COc1ccc(C(=O)NN=C(C)C)cc1I. The highest BCUT2D eigenvalue weighted by Gasteiger charge is 2.07. The number of nitrogens with one attached hydrogen (secondary N) is 1. The highest BCUT2D eigenvalue weighted by Crippen LogP contribution is 2.21. The van der Waals surface area contributed by atoms with Gasteiger partial charge in [0, 0.05) is 11.3 Å². The third-order valence-corrected chi connectivity index (χ3v) is 2.64. The van der Waals surface area contributed by atoms with E-state index < -0.39 is 0 Å². The van der Waals surface area contributed by atoms with Crippen molar-refractivity contribution in [1.82, 2.24) is 5.43 Å². The van der Waals surface area contributed by atoms with Crippen LogP contribution >= 0.6 is 22.6 Å². The average molecular weight is 332 g/mol. The molecular weight excluding hydrogens is 319 g/mol. The van der Waals surface area contributed by atoms with Crippen molar-refractivity contribution in [3.05, 3.63) is 27.3 Å². The first kappa shape index (κ1) is 13.0. The highest BCUT2D eigenvalue weighted by atomic mass is 127. The third-order valence-electron chi connectivity index (χ3n) is 1.80. The van der Waals surface area contributed by atoms with E-state index in [1.54, 1.807) is 25.3 Å². The van der Waals surface area contributed by atoms with Crippen molar-refractivity contribution in [2.45, 2.75) is 13.8 Å². The summed E-state index contributed by atoms with van der Waals surface area (Å²) in [6.45, 7) is 3.64. The first-order valence-corrected chi connectivity index (χ1v) is 5.77. The zero-order valence-electron chi connectivity index (χ0n) is 9.37. The molecule has 0 atom stereocenters. The summed E-state index contributed by atoms with van der Waals surface area (Å²) in [5, 5.41) is 3.86. The second-order valence-corrected chi connectivity index (χ2v) is 4.51. The van der Waals surface area contributed by atoms with Crippen molar-refractivity contribution in [2.75, 3.05) is 7.11 Å². The molecule has 4 nitrogen and oxygen atoms in total. The molecule has 0 aromatic heterocycles. The molecule has 1 amide bonds. The summed E-state index contributed by atoms with van der Waals surface area (Å²) >= 11 is 2.12. The van der Waals surface area contributed by atoms with Crippen molar-refractivity contribution in [3.63, 3.8) is 0 Å². The quantitative estimate of drug-likeness (QED) is 0.525. The molecule has 86 valence electrons. The molecule has 1 N–H and O–H groups in total. The summed E-state index contributed by atoms with van der Waals surface area (Å²) in [5.74, 6) is 0.536. The van der Waals surface area contributed by atoms with Crippen molar-refractivity contribution in [2.24, 2.45) is 5.10 Å². The van der Waals surface area contributed by atoms with Crippen LogP contribution in [0.25, 0.3) is 0 Å². The molecule has 1 rings (SSSR count). The normalized spacial score (nSPS) is 9.50. The minimum absolute atomic E-state index is 0.221. The first-order valence-electron chi connectivity index (χ1n) is 4.69. The smallest absolute Gasteiger partial charge is 0.271 e. The minimum Gasteiger partial charge on any atom is -0.496 e. The Morgan fingerprint density at radius 1 is 1.44 bits per heavy atom. The van der Waals surface area contributed by atoms with Gasteiger partial charge in [-0.1, -0.05) is 0 Å². The van der Waals surface area contributed by atoms with Crippen molar-refractivity contribution >= 4 is 34.2 Å². The minimum atomic E-state index is -0.221. The molecule has 0 saturated heterocycles. The van der Waals surface area contributed by atoms with Gasteiger partial charge in [-0.25, -0.2) is 5.43 Å². The lowest BCUT2D eigenvalue weighted by molar-refractivity contribution is 0.0954. The van der Waals surface area contributed by atoms with Gasteiger partial charge in [0.1, 0.15) is 5.75 Å². The Hall–Kier alpha value is -1.11. The lowest BCUT2D eigenvalue weighted by Gasteiger charge is -2.05. The average Bonchev–Trinajstić information content (AvgIpc) is 2.25. The molecule has 0 heterocycles. The van der Waals surface area contributed by atoms with Gasteiger partial charge in [0.25, 0.3) is 5.91 Å². The van der Waals surface area contributed by atoms with Crippen LogP contribution < -0.4 is 10.2 Å². The van der Waals surface area contributed by atoms with E-state index in [0.717, 1.165) is 15.0 Å². The van der Waals surface area contributed by atoms with E-state index in [0.29, 0.717) is 5.56 Å². The molecule has 0 fully saturated rings. The number of amides is 1. The third kappa shape index (κ3) is 3.48. The van der Waals surface area contributed by atoms with Crippen molar-refractivity contribution in [3.8, 4) is 5.75 Å². The van der Waals surface area contributed by atoms with Gasteiger partial charge in [0.2, 0.25) is 0 Å². The molecule has 16 heavy (non-hydrogen) atoms. The van der Waals surface area contributed by atoms with Gasteiger partial charge in [0.15, 0.2) is 0 Å². The Morgan fingerprint density at radius 3 is 2.62 bits per heavy atom. The molecule has 0 aliphatic rings. The molecule has 0 aliphatic carbocycles. The number of halogens is 1. The number of hydrazone groups is 1. The predicted molar refractivity (Wildman–Crippen MR) is 72.0 cm³/mol. The second-order valence-electron chi connectivity index (χ2n) is 3.35. The summed E-state index contributed by atoms with van der Waals surface area (Å²) in [4.78, 5) is 11.6. The van der Waals surface area contributed by atoms with Crippen molar-refractivity contribution < 1.29 is 9.53 Å². The molecule has 5 heteroatoms. The number of benzene rings is 1. The fraction of sp³-hybridized carbons (Fsp3) is 0.273. The Bertz CT molecular complexity index is 426. The topological polar surface area (TPSA) is 50.7 Å². The molecule has 0 bridgehead atoms. The molecule has 1 aromatic rings. The molecular formula is C11H13IN2O2. The van der Waals surface area contributed by atoms with Gasteiger partial charge in [-0.2, -0.15) is 5.10 Å². The van der Waals surface area contributed by atoms with E-state index in [4.69, 9.17) is 4.74 Å². The van der Waals surface area contributed by atoms with Crippen LogP contribution in [0.2, 0.25) is 0 Å². The van der Waals surface area contributed by atoms with Crippen LogP contribution in [0.4, 0.5) is 0 Å². The summed E-state index contributed by atoms with van der Waals surface area (Å²) in [7, 11) is 1.60. The van der Waals surface area contributed by atoms with E-state index in [-0.39, 0.29) is 5.91 Å². The monoisotopic (exact) mass is 332 g/mol. The maximum Gasteiger partial charge on any atom is 0.271 e. The summed E-state index contributed by atoms with van der Waals surface area (Å²) < 4.78 is 6.00. The second kappa shape index (κ2) is 5.83. The van der Waals surface area contributed by atoms with E-state index in [2.05, 4.69) is 33.1 Å².